The van der Waals surface area contributed by atoms with Gasteiger partial charge in [0.15, 0.2) is 0 Å². The second-order valence-corrected chi connectivity index (χ2v) is 7.92. The van der Waals surface area contributed by atoms with Crippen molar-refractivity contribution in [2.24, 2.45) is 17.3 Å². The fourth-order valence-electron chi connectivity index (χ4n) is 3.08. The van der Waals surface area contributed by atoms with Gasteiger partial charge >= 0.3 is 0 Å². The lowest BCUT2D eigenvalue weighted by atomic mass is 9.85. The second kappa shape index (κ2) is 7.64. The SMILES string of the molecule is CC(C)CNCC(C(C)C)N1CCCC(C)(C)CC1. The van der Waals surface area contributed by atoms with Crippen LogP contribution in [0.2, 0.25) is 0 Å². The molecule has 2 nitrogen and oxygen atoms in total. The van der Waals surface area contributed by atoms with E-state index in [2.05, 4.69) is 51.8 Å². The van der Waals surface area contributed by atoms with E-state index in [9.17, 15) is 0 Å². The summed E-state index contributed by atoms with van der Waals surface area (Å²) in [5.74, 6) is 1.48. The van der Waals surface area contributed by atoms with Crippen molar-refractivity contribution in [3.63, 3.8) is 0 Å². The van der Waals surface area contributed by atoms with Gasteiger partial charge in [-0.25, -0.2) is 0 Å². The van der Waals surface area contributed by atoms with Gasteiger partial charge in [0.05, 0.1) is 0 Å². The van der Waals surface area contributed by atoms with Crippen LogP contribution in [0, 0.1) is 17.3 Å². The third kappa shape index (κ3) is 6.27. The first-order chi connectivity index (χ1) is 8.82. The summed E-state index contributed by atoms with van der Waals surface area (Å²) < 4.78 is 0. The summed E-state index contributed by atoms with van der Waals surface area (Å²) in [4.78, 5) is 2.74. The molecule has 2 heteroatoms. The van der Waals surface area contributed by atoms with Gasteiger partial charge in [0.1, 0.15) is 0 Å². The monoisotopic (exact) mass is 268 g/mol. The van der Waals surface area contributed by atoms with Crippen LogP contribution in [-0.2, 0) is 0 Å². The first kappa shape index (κ1) is 17.0. The van der Waals surface area contributed by atoms with Gasteiger partial charge < -0.3 is 5.32 Å². The van der Waals surface area contributed by atoms with Crippen LogP contribution in [0.25, 0.3) is 0 Å². The predicted molar refractivity (Wildman–Crippen MR) is 85.5 cm³/mol. The number of likely N-dealkylation sites (tertiary alicyclic amines) is 1. The Hall–Kier alpha value is -0.0800. The van der Waals surface area contributed by atoms with Gasteiger partial charge in [-0.05, 0) is 56.1 Å². The maximum absolute atomic E-state index is 3.66. The Labute approximate surface area is 121 Å². The normalized spacial score (nSPS) is 22.7. The maximum atomic E-state index is 3.66. The minimum absolute atomic E-state index is 0.543. The molecule has 1 atom stereocenters. The van der Waals surface area contributed by atoms with E-state index in [1.165, 1.54) is 32.4 Å². The Bertz CT molecular complexity index is 246. The molecule has 19 heavy (non-hydrogen) atoms. The standard InChI is InChI=1S/C17H36N2/c1-14(2)12-18-13-16(15(3)4)19-10-7-8-17(5,6)9-11-19/h14-16,18H,7-13H2,1-6H3. The zero-order valence-corrected chi connectivity index (χ0v) is 14.1. The third-order valence-electron chi connectivity index (χ3n) is 4.52. The molecule has 1 aliphatic heterocycles. The molecule has 1 heterocycles. The zero-order valence-electron chi connectivity index (χ0n) is 14.1. The smallest absolute Gasteiger partial charge is 0.0243 e. The molecular weight excluding hydrogens is 232 g/mol. The van der Waals surface area contributed by atoms with Crippen molar-refractivity contribution in [2.75, 3.05) is 26.2 Å². The lowest BCUT2D eigenvalue weighted by Gasteiger charge is -2.34. The Kier molecular flexibility index (Phi) is 6.82. The molecule has 0 aromatic carbocycles. The van der Waals surface area contributed by atoms with Crippen LogP contribution in [0.1, 0.15) is 60.8 Å². The molecule has 1 aliphatic rings. The van der Waals surface area contributed by atoms with Gasteiger partial charge in [-0.15, -0.1) is 0 Å². The maximum Gasteiger partial charge on any atom is 0.0243 e. The summed E-state index contributed by atoms with van der Waals surface area (Å²) in [6.45, 7) is 19.0. The van der Waals surface area contributed by atoms with E-state index >= 15 is 0 Å². The molecule has 1 saturated heterocycles. The van der Waals surface area contributed by atoms with Crippen LogP contribution >= 0.6 is 0 Å². The van der Waals surface area contributed by atoms with Gasteiger partial charge in [0.2, 0.25) is 0 Å². The summed E-state index contributed by atoms with van der Waals surface area (Å²) in [5.41, 5.74) is 0.543. The minimum atomic E-state index is 0.543. The van der Waals surface area contributed by atoms with Crippen LogP contribution in [0.3, 0.4) is 0 Å². The summed E-state index contributed by atoms with van der Waals surface area (Å²) in [6.07, 6.45) is 4.09. The first-order valence-corrected chi connectivity index (χ1v) is 8.26. The molecule has 0 amide bonds. The average Bonchev–Trinajstić information content (AvgIpc) is 2.45. The number of nitrogens with zero attached hydrogens (tertiary/aromatic N) is 1. The molecule has 1 fully saturated rings. The van der Waals surface area contributed by atoms with Gasteiger partial charge in [-0.3, -0.25) is 4.90 Å². The fraction of sp³-hybridized carbons (Fsp3) is 1.00. The van der Waals surface area contributed by atoms with Crippen LogP contribution in [0.4, 0.5) is 0 Å². The topological polar surface area (TPSA) is 15.3 Å². The van der Waals surface area contributed by atoms with Crippen LogP contribution in [0.5, 0.6) is 0 Å². The highest BCUT2D eigenvalue weighted by atomic mass is 15.2. The van der Waals surface area contributed by atoms with Crippen molar-refractivity contribution in [1.29, 1.82) is 0 Å². The van der Waals surface area contributed by atoms with E-state index in [4.69, 9.17) is 0 Å². The molecule has 0 aliphatic carbocycles. The van der Waals surface area contributed by atoms with E-state index in [0.29, 0.717) is 11.5 Å². The molecule has 1 rings (SSSR count). The van der Waals surface area contributed by atoms with E-state index in [1.807, 2.05) is 0 Å². The quantitative estimate of drug-likeness (QED) is 0.789. The second-order valence-electron chi connectivity index (χ2n) is 7.92. The van der Waals surface area contributed by atoms with Gasteiger partial charge in [-0.2, -0.15) is 0 Å². The van der Waals surface area contributed by atoms with E-state index in [1.54, 1.807) is 0 Å². The Morgan fingerprint density at radius 3 is 2.26 bits per heavy atom. The van der Waals surface area contributed by atoms with Crippen LogP contribution in [-0.4, -0.2) is 37.1 Å². The molecule has 1 N–H and O–H groups in total. The average molecular weight is 268 g/mol. The summed E-state index contributed by atoms with van der Waals surface area (Å²) in [7, 11) is 0. The molecule has 1 unspecified atom stereocenters. The van der Waals surface area contributed by atoms with Crippen molar-refractivity contribution < 1.29 is 0 Å². The number of nitrogens with one attached hydrogen (secondary N) is 1. The Morgan fingerprint density at radius 1 is 1.00 bits per heavy atom. The molecular formula is C17H36N2. The van der Waals surface area contributed by atoms with Crippen molar-refractivity contribution in [2.45, 2.75) is 66.8 Å². The lowest BCUT2D eigenvalue weighted by Crippen LogP contribution is -2.46. The zero-order chi connectivity index (χ0) is 14.5. The van der Waals surface area contributed by atoms with Crippen LogP contribution in [0.15, 0.2) is 0 Å². The van der Waals surface area contributed by atoms with E-state index in [-0.39, 0.29) is 0 Å². The Balaban J connectivity index is 2.51. The highest BCUT2D eigenvalue weighted by Gasteiger charge is 2.28. The Morgan fingerprint density at radius 2 is 1.68 bits per heavy atom. The van der Waals surface area contributed by atoms with Gasteiger partial charge in [0.25, 0.3) is 0 Å². The van der Waals surface area contributed by atoms with Crippen molar-refractivity contribution in [3.05, 3.63) is 0 Å². The summed E-state index contributed by atoms with van der Waals surface area (Å²) in [5, 5.41) is 3.66. The largest absolute Gasteiger partial charge is 0.315 e. The fourth-order valence-corrected chi connectivity index (χ4v) is 3.08. The van der Waals surface area contributed by atoms with Crippen molar-refractivity contribution in [3.8, 4) is 0 Å². The molecule has 114 valence electrons. The third-order valence-corrected chi connectivity index (χ3v) is 4.52. The van der Waals surface area contributed by atoms with Crippen molar-refractivity contribution >= 4 is 0 Å². The van der Waals surface area contributed by atoms with E-state index in [0.717, 1.165) is 24.9 Å². The first-order valence-electron chi connectivity index (χ1n) is 8.26. The molecule has 0 spiro atoms. The number of rotatable bonds is 6. The number of hydrogen-bond acceptors (Lipinski definition) is 2. The lowest BCUT2D eigenvalue weighted by molar-refractivity contribution is 0.150. The van der Waals surface area contributed by atoms with Gasteiger partial charge in [0, 0.05) is 12.6 Å². The van der Waals surface area contributed by atoms with Crippen molar-refractivity contribution in [1.82, 2.24) is 10.2 Å². The highest BCUT2D eigenvalue weighted by molar-refractivity contribution is 4.83. The van der Waals surface area contributed by atoms with Crippen LogP contribution < -0.4 is 5.32 Å². The summed E-state index contributed by atoms with van der Waals surface area (Å²) in [6, 6.07) is 0.702. The molecule has 0 aromatic heterocycles. The minimum Gasteiger partial charge on any atom is -0.315 e. The highest BCUT2D eigenvalue weighted by Crippen LogP contribution is 2.31. The molecule has 0 aromatic rings. The predicted octanol–water partition coefficient (Wildman–Crippen LogP) is 3.77. The molecule has 0 bridgehead atoms. The van der Waals surface area contributed by atoms with E-state index < -0.39 is 0 Å². The van der Waals surface area contributed by atoms with Gasteiger partial charge in [-0.1, -0.05) is 41.5 Å². The molecule has 0 saturated carbocycles. The summed E-state index contributed by atoms with van der Waals surface area (Å²) >= 11 is 0. The number of hydrogen-bond donors (Lipinski definition) is 1. The molecule has 0 radical (unpaired) electrons.